The van der Waals surface area contributed by atoms with E-state index in [1.54, 1.807) is 24.3 Å². The predicted molar refractivity (Wildman–Crippen MR) is 59.8 cm³/mol. The van der Waals surface area contributed by atoms with Crippen molar-refractivity contribution >= 4 is 17.4 Å². The van der Waals surface area contributed by atoms with E-state index < -0.39 is 0 Å². The Morgan fingerprint density at radius 1 is 1.14 bits per heavy atom. The first-order chi connectivity index (χ1) is 6.52. The Morgan fingerprint density at radius 3 is 2.07 bits per heavy atom. The van der Waals surface area contributed by atoms with Crippen LogP contribution in [-0.2, 0) is 0 Å². The van der Waals surface area contributed by atoms with Crippen LogP contribution in [0.15, 0.2) is 24.3 Å². The number of hydrogen-bond donors (Lipinski definition) is 0. The van der Waals surface area contributed by atoms with Crippen molar-refractivity contribution in [3.05, 3.63) is 34.9 Å². The third-order valence-corrected chi connectivity index (χ3v) is 2.79. The van der Waals surface area contributed by atoms with E-state index in [0.29, 0.717) is 10.9 Å². The summed E-state index contributed by atoms with van der Waals surface area (Å²) in [6, 6.07) is 7.07. The first kappa shape index (κ1) is 11.3. The van der Waals surface area contributed by atoms with Gasteiger partial charge in [-0.3, -0.25) is 4.79 Å². The van der Waals surface area contributed by atoms with E-state index in [-0.39, 0.29) is 11.7 Å². The zero-order valence-corrected chi connectivity index (χ0v) is 9.51. The van der Waals surface area contributed by atoms with Crippen LogP contribution in [0.1, 0.15) is 31.1 Å². The van der Waals surface area contributed by atoms with E-state index in [4.69, 9.17) is 11.6 Å². The van der Waals surface area contributed by atoms with Crippen molar-refractivity contribution in [1.82, 2.24) is 0 Å². The van der Waals surface area contributed by atoms with Gasteiger partial charge in [-0.25, -0.2) is 0 Å². The van der Waals surface area contributed by atoms with Crippen molar-refractivity contribution in [2.75, 3.05) is 0 Å². The van der Waals surface area contributed by atoms with E-state index in [1.807, 2.05) is 6.92 Å². The molecule has 1 aromatic carbocycles. The fourth-order valence-corrected chi connectivity index (χ4v) is 1.31. The van der Waals surface area contributed by atoms with E-state index in [0.717, 1.165) is 5.56 Å². The fourth-order valence-electron chi connectivity index (χ4n) is 1.18. The number of halogens is 1. The normalized spacial score (nSPS) is 12.9. The molecule has 0 aliphatic carbocycles. The van der Waals surface area contributed by atoms with Gasteiger partial charge in [-0.15, -0.1) is 0 Å². The molecule has 0 bridgehead atoms. The summed E-state index contributed by atoms with van der Waals surface area (Å²) >= 11 is 5.75. The third-order valence-electron chi connectivity index (χ3n) is 2.54. The quantitative estimate of drug-likeness (QED) is 0.694. The van der Waals surface area contributed by atoms with Gasteiger partial charge in [0, 0.05) is 16.5 Å². The van der Waals surface area contributed by atoms with E-state index in [9.17, 15) is 4.79 Å². The average Bonchev–Trinajstić information content (AvgIpc) is 2.16. The molecule has 1 aromatic rings. The summed E-state index contributed by atoms with van der Waals surface area (Å²) in [5.41, 5.74) is 0.746. The van der Waals surface area contributed by atoms with Crippen molar-refractivity contribution in [3.8, 4) is 0 Å². The number of rotatable bonds is 3. The zero-order chi connectivity index (χ0) is 10.7. The lowest BCUT2D eigenvalue weighted by atomic mass is 9.90. The molecule has 0 radical (unpaired) electrons. The highest BCUT2D eigenvalue weighted by atomic mass is 35.5. The van der Waals surface area contributed by atoms with Gasteiger partial charge >= 0.3 is 0 Å². The van der Waals surface area contributed by atoms with Gasteiger partial charge in [0.15, 0.2) is 5.78 Å². The maximum absolute atomic E-state index is 11.9. The number of benzene rings is 1. The van der Waals surface area contributed by atoms with Crippen molar-refractivity contribution in [3.63, 3.8) is 0 Å². The van der Waals surface area contributed by atoms with Crippen LogP contribution >= 0.6 is 11.6 Å². The molecular weight excluding hydrogens is 196 g/mol. The molecule has 0 aliphatic heterocycles. The van der Waals surface area contributed by atoms with Crippen LogP contribution in [0.3, 0.4) is 0 Å². The molecule has 0 spiro atoms. The maximum Gasteiger partial charge on any atom is 0.165 e. The molecule has 0 amide bonds. The number of carbonyl (C=O) groups excluding carboxylic acids is 1. The molecule has 1 nitrogen and oxygen atoms in total. The summed E-state index contributed by atoms with van der Waals surface area (Å²) in [4.78, 5) is 11.9. The summed E-state index contributed by atoms with van der Waals surface area (Å²) in [6.45, 7) is 6.07. The van der Waals surface area contributed by atoms with Crippen LogP contribution in [0, 0.1) is 11.8 Å². The zero-order valence-electron chi connectivity index (χ0n) is 8.75. The monoisotopic (exact) mass is 210 g/mol. The summed E-state index contributed by atoms with van der Waals surface area (Å²) in [6.07, 6.45) is 0. The largest absolute Gasteiger partial charge is 0.294 e. The second-order valence-corrected chi connectivity index (χ2v) is 4.34. The molecule has 0 aliphatic rings. The van der Waals surface area contributed by atoms with Gasteiger partial charge in [-0.1, -0.05) is 32.4 Å². The molecular formula is C12H15ClO. The van der Waals surface area contributed by atoms with Crippen LogP contribution in [0.25, 0.3) is 0 Å². The molecule has 14 heavy (non-hydrogen) atoms. The average molecular weight is 211 g/mol. The number of hydrogen-bond acceptors (Lipinski definition) is 1. The van der Waals surface area contributed by atoms with Gasteiger partial charge in [0.1, 0.15) is 0 Å². The van der Waals surface area contributed by atoms with E-state index in [2.05, 4.69) is 13.8 Å². The topological polar surface area (TPSA) is 17.1 Å². The Morgan fingerprint density at radius 2 is 1.64 bits per heavy atom. The van der Waals surface area contributed by atoms with Crippen molar-refractivity contribution in [2.45, 2.75) is 20.8 Å². The molecule has 0 saturated heterocycles. The molecule has 0 fully saturated rings. The Balaban J connectivity index is 2.84. The minimum absolute atomic E-state index is 0.0659. The van der Waals surface area contributed by atoms with Gasteiger partial charge < -0.3 is 0 Å². The lowest BCUT2D eigenvalue weighted by Crippen LogP contribution is -2.16. The Labute approximate surface area is 90.1 Å². The van der Waals surface area contributed by atoms with Crippen LogP contribution in [0.5, 0.6) is 0 Å². The van der Waals surface area contributed by atoms with Gasteiger partial charge in [-0.05, 0) is 30.2 Å². The maximum atomic E-state index is 11.9. The lowest BCUT2D eigenvalue weighted by Gasteiger charge is -2.13. The van der Waals surface area contributed by atoms with Crippen LogP contribution < -0.4 is 0 Å². The first-order valence-electron chi connectivity index (χ1n) is 4.82. The van der Waals surface area contributed by atoms with Gasteiger partial charge in [0.05, 0.1) is 0 Å². The lowest BCUT2D eigenvalue weighted by molar-refractivity contribution is 0.0900. The van der Waals surface area contributed by atoms with Crippen LogP contribution in [-0.4, -0.2) is 5.78 Å². The molecule has 0 N–H and O–H groups in total. The van der Waals surface area contributed by atoms with Gasteiger partial charge in [0.2, 0.25) is 0 Å². The Bertz CT molecular complexity index is 314. The van der Waals surface area contributed by atoms with Gasteiger partial charge in [0.25, 0.3) is 0 Å². The summed E-state index contributed by atoms with van der Waals surface area (Å²) in [7, 11) is 0. The highest BCUT2D eigenvalue weighted by molar-refractivity contribution is 6.30. The summed E-state index contributed by atoms with van der Waals surface area (Å²) in [5.74, 6) is 0.631. The summed E-state index contributed by atoms with van der Waals surface area (Å²) < 4.78 is 0. The Kier molecular flexibility index (Phi) is 3.70. The fraction of sp³-hybridized carbons (Fsp3) is 0.417. The van der Waals surface area contributed by atoms with E-state index >= 15 is 0 Å². The van der Waals surface area contributed by atoms with E-state index in [1.165, 1.54) is 0 Å². The molecule has 0 unspecified atom stereocenters. The van der Waals surface area contributed by atoms with Gasteiger partial charge in [-0.2, -0.15) is 0 Å². The second kappa shape index (κ2) is 4.61. The van der Waals surface area contributed by atoms with Crippen LogP contribution in [0.2, 0.25) is 5.02 Å². The summed E-state index contributed by atoms with van der Waals surface area (Å²) in [5, 5.41) is 0.666. The van der Waals surface area contributed by atoms with Crippen molar-refractivity contribution in [1.29, 1.82) is 0 Å². The molecule has 0 heterocycles. The second-order valence-electron chi connectivity index (χ2n) is 3.90. The number of Topliss-reactive ketones (excluding diaryl/α,β-unsaturated/α-hetero) is 1. The van der Waals surface area contributed by atoms with Crippen LogP contribution in [0.4, 0.5) is 0 Å². The highest BCUT2D eigenvalue weighted by Gasteiger charge is 2.17. The highest BCUT2D eigenvalue weighted by Crippen LogP contribution is 2.18. The minimum Gasteiger partial charge on any atom is -0.294 e. The molecule has 0 saturated carbocycles. The number of carbonyl (C=O) groups is 1. The molecule has 2 heteroatoms. The minimum atomic E-state index is 0.0659. The molecule has 1 rings (SSSR count). The molecule has 0 aromatic heterocycles. The van der Waals surface area contributed by atoms with Crippen molar-refractivity contribution in [2.24, 2.45) is 11.8 Å². The SMILES string of the molecule is CC(C)[C@H](C)C(=O)c1ccc(Cl)cc1. The Hall–Kier alpha value is -0.820. The predicted octanol–water partition coefficient (Wildman–Crippen LogP) is 3.81. The molecule has 76 valence electrons. The third kappa shape index (κ3) is 2.58. The first-order valence-corrected chi connectivity index (χ1v) is 5.20. The standard InChI is InChI=1S/C12H15ClO/c1-8(2)9(3)12(14)10-4-6-11(13)7-5-10/h4-9H,1-3H3/t9-/m0/s1. The van der Waals surface area contributed by atoms with Crippen molar-refractivity contribution < 1.29 is 4.79 Å². The number of ketones is 1. The molecule has 1 atom stereocenters. The smallest absolute Gasteiger partial charge is 0.165 e.